The molecule has 6 nitrogen and oxygen atoms in total. The second kappa shape index (κ2) is 6.49. The largest absolute Gasteiger partial charge is 0.380 e. The Kier molecular flexibility index (Phi) is 4.70. The monoisotopic (exact) mass is 290 g/mol. The van der Waals surface area contributed by atoms with Gasteiger partial charge in [0, 0.05) is 32.0 Å². The predicted octanol–water partition coefficient (Wildman–Crippen LogP) is 2.58. The zero-order valence-electron chi connectivity index (χ0n) is 12.2. The van der Waals surface area contributed by atoms with Crippen molar-refractivity contribution < 1.29 is 14.5 Å². The van der Waals surface area contributed by atoms with E-state index < -0.39 is 4.92 Å². The molecule has 21 heavy (non-hydrogen) atoms. The summed E-state index contributed by atoms with van der Waals surface area (Å²) in [5.74, 6) is -0.297. The van der Waals surface area contributed by atoms with Gasteiger partial charge in [0.1, 0.15) is 0 Å². The topological polar surface area (TPSA) is 72.7 Å². The van der Waals surface area contributed by atoms with Crippen molar-refractivity contribution in [3.63, 3.8) is 0 Å². The predicted molar refractivity (Wildman–Crippen MR) is 79.9 cm³/mol. The summed E-state index contributed by atoms with van der Waals surface area (Å²) in [6, 6.07) is 4.77. The van der Waals surface area contributed by atoms with E-state index in [0.717, 1.165) is 18.7 Å². The molecule has 0 N–H and O–H groups in total. The average molecular weight is 290 g/mol. The zero-order valence-corrected chi connectivity index (χ0v) is 12.2. The number of nitro groups is 1. The number of carbonyl (C=O) groups excluding carboxylic acids is 1. The molecule has 0 aliphatic carbocycles. The molecule has 0 atom stereocenters. The molecule has 1 aliphatic heterocycles. The minimum Gasteiger partial charge on any atom is -0.380 e. The molecule has 0 radical (unpaired) electrons. The number of benzene rings is 1. The van der Waals surface area contributed by atoms with Crippen LogP contribution >= 0.6 is 0 Å². The number of rotatable bonds is 5. The average Bonchev–Trinajstić information content (AvgIpc) is 2.47. The third kappa shape index (κ3) is 3.46. The van der Waals surface area contributed by atoms with Crippen molar-refractivity contribution in [2.24, 2.45) is 0 Å². The molecule has 0 saturated carbocycles. The van der Waals surface area contributed by atoms with Gasteiger partial charge in [0.25, 0.3) is 5.69 Å². The lowest BCUT2D eigenvalue weighted by molar-refractivity contribution is -0.385. The minimum atomic E-state index is -0.504. The van der Waals surface area contributed by atoms with E-state index in [9.17, 15) is 14.9 Å². The molecule has 112 valence electrons. The van der Waals surface area contributed by atoms with Gasteiger partial charge in [-0.2, -0.15) is 0 Å². The van der Waals surface area contributed by atoms with E-state index in [4.69, 9.17) is 4.74 Å². The first-order valence-corrected chi connectivity index (χ1v) is 6.74. The molecule has 1 heterocycles. The van der Waals surface area contributed by atoms with E-state index in [2.05, 4.69) is 11.0 Å². The number of hydrogen-bond acceptors (Lipinski definition) is 5. The Bertz CT molecular complexity index is 595. The number of nitrogens with zero attached hydrogens (tertiary/aromatic N) is 2. The molecule has 1 aromatic carbocycles. The number of carbonyl (C=O) groups is 1. The Morgan fingerprint density at radius 1 is 1.48 bits per heavy atom. The van der Waals surface area contributed by atoms with Crippen LogP contribution in [-0.4, -0.2) is 37.5 Å². The Labute approximate surface area is 123 Å². The molecule has 0 amide bonds. The highest BCUT2D eigenvalue weighted by molar-refractivity contribution is 5.98. The molecular weight excluding hydrogens is 272 g/mol. The first-order valence-electron chi connectivity index (χ1n) is 6.74. The maximum Gasteiger partial charge on any atom is 0.282 e. The lowest BCUT2D eigenvalue weighted by Gasteiger charge is -2.28. The summed E-state index contributed by atoms with van der Waals surface area (Å²) in [5, 5.41) is 11.1. The van der Waals surface area contributed by atoms with Gasteiger partial charge in [-0.05, 0) is 31.1 Å². The van der Waals surface area contributed by atoms with Crippen LogP contribution in [0.15, 0.2) is 29.8 Å². The lowest BCUT2D eigenvalue weighted by Crippen LogP contribution is -2.29. The molecule has 0 spiro atoms. The summed E-state index contributed by atoms with van der Waals surface area (Å²) in [6.45, 7) is 3.43. The Morgan fingerprint density at radius 2 is 2.24 bits per heavy atom. The summed E-state index contributed by atoms with van der Waals surface area (Å²) < 4.78 is 5.10. The fraction of sp³-hybridized carbons (Fsp3) is 0.400. The van der Waals surface area contributed by atoms with Crippen LogP contribution in [0.25, 0.3) is 0 Å². The van der Waals surface area contributed by atoms with Gasteiger partial charge in [-0.25, -0.2) is 0 Å². The number of ether oxygens (including phenoxy) is 1. The van der Waals surface area contributed by atoms with Gasteiger partial charge in [-0.15, -0.1) is 0 Å². The maximum atomic E-state index is 11.4. The molecule has 2 rings (SSSR count). The number of ketones is 1. The van der Waals surface area contributed by atoms with Gasteiger partial charge in [0.15, 0.2) is 5.78 Å². The highest BCUT2D eigenvalue weighted by atomic mass is 16.6. The van der Waals surface area contributed by atoms with Gasteiger partial charge in [0.2, 0.25) is 0 Å². The number of methoxy groups -OCH3 is 1. The van der Waals surface area contributed by atoms with Gasteiger partial charge >= 0.3 is 0 Å². The summed E-state index contributed by atoms with van der Waals surface area (Å²) in [4.78, 5) is 24.1. The van der Waals surface area contributed by atoms with Crippen LogP contribution in [0.3, 0.4) is 0 Å². The number of nitro benzene ring substituents is 1. The van der Waals surface area contributed by atoms with Crippen molar-refractivity contribution in [2.75, 3.05) is 31.7 Å². The van der Waals surface area contributed by atoms with Gasteiger partial charge < -0.3 is 9.64 Å². The van der Waals surface area contributed by atoms with Gasteiger partial charge in [-0.3, -0.25) is 14.9 Å². The fourth-order valence-electron chi connectivity index (χ4n) is 2.43. The smallest absolute Gasteiger partial charge is 0.282 e. The molecule has 0 aromatic heterocycles. The fourth-order valence-corrected chi connectivity index (χ4v) is 2.43. The maximum absolute atomic E-state index is 11.4. The molecule has 0 fully saturated rings. The Balaban J connectivity index is 2.24. The molecular formula is C15H18N2O4. The SMILES string of the molecule is COCC1=CCN(c2ccc(C(C)=O)c([N+](=O)[O-])c2)CC1. The number of anilines is 1. The van der Waals surface area contributed by atoms with Crippen LogP contribution < -0.4 is 4.90 Å². The first kappa shape index (κ1) is 15.2. The highest BCUT2D eigenvalue weighted by Crippen LogP contribution is 2.27. The van der Waals surface area contributed by atoms with E-state index in [-0.39, 0.29) is 17.0 Å². The summed E-state index contributed by atoms with van der Waals surface area (Å²) in [7, 11) is 1.66. The second-order valence-electron chi connectivity index (χ2n) is 5.01. The molecule has 1 aliphatic rings. The normalized spacial score (nSPS) is 14.8. The molecule has 0 unspecified atom stereocenters. The molecule has 0 bridgehead atoms. The summed E-state index contributed by atoms with van der Waals surface area (Å²) in [6.07, 6.45) is 2.95. The minimum absolute atomic E-state index is 0.133. The number of Topliss-reactive ketones (excluding diaryl/α,β-unsaturated/α-hetero) is 1. The van der Waals surface area contributed by atoms with E-state index >= 15 is 0 Å². The highest BCUT2D eigenvalue weighted by Gasteiger charge is 2.20. The van der Waals surface area contributed by atoms with E-state index in [1.165, 1.54) is 24.6 Å². The first-order chi connectivity index (χ1) is 10.0. The van der Waals surface area contributed by atoms with Crippen molar-refractivity contribution >= 4 is 17.2 Å². The van der Waals surface area contributed by atoms with Crippen molar-refractivity contribution in [2.45, 2.75) is 13.3 Å². The zero-order chi connectivity index (χ0) is 15.4. The third-order valence-corrected chi connectivity index (χ3v) is 3.56. The van der Waals surface area contributed by atoms with E-state index in [0.29, 0.717) is 13.2 Å². The van der Waals surface area contributed by atoms with Crippen molar-refractivity contribution in [3.8, 4) is 0 Å². The van der Waals surface area contributed by atoms with Crippen LogP contribution in [0.1, 0.15) is 23.7 Å². The van der Waals surface area contributed by atoms with Crippen LogP contribution in [0, 0.1) is 10.1 Å². The Hall–Kier alpha value is -2.21. The second-order valence-corrected chi connectivity index (χ2v) is 5.01. The van der Waals surface area contributed by atoms with Crippen molar-refractivity contribution in [1.82, 2.24) is 0 Å². The number of hydrogen-bond donors (Lipinski definition) is 0. The molecule has 6 heteroatoms. The van der Waals surface area contributed by atoms with E-state index in [1.54, 1.807) is 13.2 Å². The van der Waals surface area contributed by atoms with Crippen molar-refractivity contribution in [1.29, 1.82) is 0 Å². The Morgan fingerprint density at radius 3 is 2.76 bits per heavy atom. The van der Waals surface area contributed by atoms with Gasteiger partial charge in [0.05, 0.1) is 17.1 Å². The third-order valence-electron chi connectivity index (χ3n) is 3.56. The molecule has 0 saturated heterocycles. The summed E-state index contributed by atoms with van der Waals surface area (Å²) >= 11 is 0. The standard InChI is InChI=1S/C15H18N2O4/c1-11(18)14-4-3-13(9-15(14)17(19)20)16-7-5-12(6-8-16)10-21-2/h3-5,9H,6-8,10H2,1-2H3. The lowest BCUT2D eigenvalue weighted by atomic mass is 10.1. The quantitative estimate of drug-likeness (QED) is 0.361. The van der Waals surface area contributed by atoms with Crippen LogP contribution in [0.5, 0.6) is 0 Å². The van der Waals surface area contributed by atoms with Crippen LogP contribution in [0.4, 0.5) is 11.4 Å². The molecule has 1 aromatic rings. The summed E-state index contributed by atoms with van der Waals surface area (Å²) in [5.41, 5.74) is 2.02. The van der Waals surface area contributed by atoms with E-state index in [1.807, 2.05) is 0 Å². The van der Waals surface area contributed by atoms with Gasteiger partial charge in [-0.1, -0.05) is 6.08 Å². The van der Waals surface area contributed by atoms with Crippen molar-refractivity contribution in [3.05, 3.63) is 45.5 Å². The van der Waals surface area contributed by atoms with Crippen LogP contribution in [-0.2, 0) is 4.74 Å². The van der Waals surface area contributed by atoms with Crippen LogP contribution in [0.2, 0.25) is 0 Å².